The summed E-state index contributed by atoms with van der Waals surface area (Å²) in [5, 5.41) is 2.52. The van der Waals surface area contributed by atoms with Crippen molar-refractivity contribution in [1.29, 1.82) is 0 Å². The number of hydrogen-bond donors (Lipinski definition) is 0. The molecule has 0 unspecified atom stereocenters. The third-order valence-corrected chi connectivity index (χ3v) is 3.79. The Labute approximate surface area is 111 Å². The van der Waals surface area contributed by atoms with Gasteiger partial charge in [-0.15, -0.1) is 0 Å². The monoisotopic (exact) mass is 239 g/mol. The van der Waals surface area contributed by atoms with Gasteiger partial charge in [-0.05, 0) is 34.2 Å². The standard InChI is InChI=1S/C18H23/c1-4-5-8-13-18(2,3)17-12-11-15-9-6-7-10-16(15)14-17/h6-7,9-12H,4-5,8,13H2,1-3H3. The van der Waals surface area contributed by atoms with Crippen LogP contribution in [-0.4, -0.2) is 0 Å². The highest BCUT2D eigenvalue weighted by Gasteiger charge is 2.20. The van der Waals surface area contributed by atoms with Gasteiger partial charge in [-0.25, -0.2) is 0 Å². The van der Waals surface area contributed by atoms with Crippen molar-refractivity contribution in [2.75, 3.05) is 0 Å². The van der Waals surface area contributed by atoms with Crippen LogP contribution in [0, 0.1) is 6.07 Å². The van der Waals surface area contributed by atoms with Crippen molar-refractivity contribution in [2.24, 2.45) is 0 Å². The van der Waals surface area contributed by atoms with E-state index >= 15 is 0 Å². The Morgan fingerprint density at radius 3 is 2.56 bits per heavy atom. The van der Waals surface area contributed by atoms with E-state index in [4.69, 9.17) is 0 Å². The van der Waals surface area contributed by atoms with E-state index in [1.54, 1.807) is 0 Å². The lowest BCUT2D eigenvalue weighted by Gasteiger charge is -2.25. The summed E-state index contributed by atoms with van der Waals surface area (Å²) in [5.74, 6) is 0. The molecule has 0 spiro atoms. The molecule has 0 heteroatoms. The predicted octanol–water partition coefficient (Wildman–Crippen LogP) is 5.50. The van der Waals surface area contributed by atoms with Gasteiger partial charge in [0, 0.05) is 0 Å². The molecular formula is C18H23. The van der Waals surface area contributed by atoms with Crippen molar-refractivity contribution in [2.45, 2.75) is 51.9 Å². The quantitative estimate of drug-likeness (QED) is 0.604. The maximum Gasteiger partial charge on any atom is -0.00586 e. The van der Waals surface area contributed by atoms with Gasteiger partial charge in [0.05, 0.1) is 0 Å². The Bertz CT molecular complexity index is 508. The molecule has 2 aromatic carbocycles. The third kappa shape index (κ3) is 2.93. The highest BCUT2D eigenvalue weighted by atomic mass is 14.2. The summed E-state index contributed by atoms with van der Waals surface area (Å²) in [7, 11) is 0. The van der Waals surface area contributed by atoms with E-state index < -0.39 is 0 Å². The van der Waals surface area contributed by atoms with E-state index in [9.17, 15) is 0 Å². The van der Waals surface area contributed by atoms with Crippen LogP contribution in [-0.2, 0) is 5.41 Å². The average molecular weight is 239 g/mol. The molecule has 2 rings (SSSR count). The summed E-state index contributed by atoms with van der Waals surface area (Å²) >= 11 is 0. The first kappa shape index (κ1) is 13.1. The van der Waals surface area contributed by atoms with Crippen molar-refractivity contribution >= 4 is 10.8 Å². The molecule has 0 aliphatic carbocycles. The molecular weight excluding hydrogens is 216 g/mol. The van der Waals surface area contributed by atoms with Crippen LogP contribution in [0.2, 0.25) is 0 Å². The van der Waals surface area contributed by atoms with E-state index in [-0.39, 0.29) is 5.41 Å². The molecule has 2 aromatic rings. The van der Waals surface area contributed by atoms with Crippen molar-refractivity contribution in [3.05, 3.63) is 48.0 Å². The fourth-order valence-corrected chi connectivity index (χ4v) is 2.46. The van der Waals surface area contributed by atoms with Gasteiger partial charge >= 0.3 is 0 Å². The van der Waals surface area contributed by atoms with Crippen LogP contribution in [0.5, 0.6) is 0 Å². The van der Waals surface area contributed by atoms with Crippen LogP contribution in [0.1, 0.15) is 52.0 Å². The molecule has 0 nitrogen and oxygen atoms in total. The second kappa shape index (κ2) is 5.56. The molecule has 0 N–H and O–H groups in total. The molecule has 0 aromatic heterocycles. The minimum atomic E-state index is 0.235. The van der Waals surface area contributed by atoms with Gasteiger partial charge in [0.25, 0.3) is 0 Å². The minimum Gasteiger partial charge on any atom is -0.0654 e. The lowest BCUT2D eigenvalue weighted by atomic mass is 9.79. The molecule has 0 bridgehead atoms. The molecule has 18 heavy (non-hydrogen) atoms. The molecule has 0 amide bonds. The summed E-state index contributed by atoms with van der Waals surface area (Å²) in [6.07, 6.45) is 5.17. The zero-order valence-corrected chi connectivity index (χ0v) is 11.8. The highest BCUT2D eigenvalue weighted by Crippen LogP contribution is 2.30. The zero-order chi connectivity index (χ0) is 13.0. The van der Waals surface area contributed by atoms with Gasteiger partial charge < -0.3 is 0 Å². The van der Waals surface area contributed by atoms with Crippen molar-refractivity contribution in [3.63, 3.8) is 0 Å². The van der Waals surface area contributed by atoms with Crippen LogP contribution in [0.15, 0.2) is 36.4 Å². The van der Waals surface area contributed by atoms with Crippen LogP contribution >= 0.6 is 0 Å². The van der Waals surface area contributed by atoms with E-state index in [1.807, 2.05) is 0 Å². The summed E-state index contributed by atoms with van der Waals surface area (Å²) in [6.45, 7) is 6.93. The molecule has 0 fully saturated rings. The van der Waals surface area contributed by atoms with E-state index in [0.29, 0.717) is 0 Å². The lowest BCUT2D eigenvalue weighted by molar-refractivity contribution is 0.450. The Morgan fingerprint density at radius 2 is 1.78 bits per heavy atom. The Morgan fingerprint density at radius 1 is 1.00 bits per heavy atom. The highest BCUT2D eigenvalue weighted by molar-refractivity contribution is 5.82. The van der Waals surface area contributed by atoms with E-state index in [0.717, 1.165) is 0 Å². The zero-order valence-electron chi connectivity index (χ0n) is 11.8. The number of hydrogen-bond acceptors (Lipinski definition) is 0. The van der Waals surface area contributed by atoms with E-state index in [2.05, 4.69) is 63.2 Å². The molecule has 0 heterocycles. The van der Waals surface area contributed by atoms with Gasteiger partial charge in [0.15, 0.2) is 0 Å². The Hall–Kier alpha value is -1.30. The number of benzene rings is 2. The fourth-order valence-electron chi connectivity index (χ4n) is 2.46. The number of fused-ring (bicyclic) bond motifs is 1. The first-order valence-electron chi connectivity index (χ1n) is 7.05. The SMILES string of the molecule is CCCCCC(C)(C)c1[c]c2ccccc2cc1. The predicted molar refractivity (Wildman–Crippen MR) is 80.0 cm³/mol. The van der Waals surface area contributed by atoms with Gasteiger partial charge in [-0.1, -0.05) is 76.4 Å². The topological polar surface area (TPSA) is 0 Å². The van der Waals surface area contributed by atoms with Crippen LogP contribution in [0.25, 0.3) is 10.8 Å². The average Bonchev–Trinajstić information content (AvgIpc) is 2.38. The molecule has 95 valence electrons. The second-order valence-electron chi connectivity index (χ2n) is 5.80. The number of unbranched alkanes of at least 4 members (excludes halogenated alkanes) is 2. The van der Waals surface area contributed by atoms with Crippen molar-refractivity contribution in [1.82, 2.24) is 0 Å². The summed E-state index contributed by atoms with van der Waals surface area (Å²) in [6, 6.07) is 16.5. The van der Waals surface area contributed by atoms with Gasteiger partial charge in [-0.3, -0.25) is 0 Å². The first-order chi connectivity index (χ1) is 8.63. The third-order valence-electron chi connectivity index (χ3n) is 3.79. The molecule has 0 aliphatic heterocycles. The van der Waals surface area contributed by atoms with Crippen molar-refractivity contribution in [3.8, 4) is 0 Å². The van der Waals surface area contributed by atoms with Crippen LogP contribution in [0.4, 0.5) is 0 Å². The van der Waals surface area contributed by atoms with Crippen LogP contribution < -0.4 is 0 Å². The summed E-state index contributed by atoms with van der Waals surface area (Å²) < 4.78 is 0. The van der Waals surface area contributed by atoms with E-state index in [1.165, 1.54) is 42.0 Å². The normalized spacial score (nSPS) is 11.9. The minimum absolute atomic E-state index is 0.235. The summed E-state index contributed by atoms with van der Waals surface area (Å²) in [4.78, 5) is 0. The Kier molecular flexibility index (Phi) is 4.06. The maximum absolute atomic E-state index is 3.59. The number of rotatable bonds is 5. The van der Waals surface area contributed by atoms with Gasteiger partial charge in [0.2, 0.25) is 0 Å². The largest absolute Gasteiger partial charge is 0.0654 e. The first-order valence-corrected chi connectivity index (χ1v) is 7.05. The fraction of sp³-hybridized carbons (Fsp3) is 0.444. The molecule has 0 atom stereocenters. The molecule has 0 saturated heterocycles. The molecule has 1 radical (unpaired) electrons. The maximum atomic E-state index is 3.59. The Balaban J connectivity index is 2.23. The smallest absolute Gasteiger partial charge is 0.00586 e. The lowest BCUT2D eigenvalue weighted by Crippen LogP contribution is -2.17. The molecule has 0 aliphatic rings. The second-order valence-corrected chi connectivity index (χ2v) is 5.80. The van der Waals surface area contributed by atoms with Crippen molar-refractivity contribution < 1.29 is 0 Å². The molecule has 0 saturated carbocycles. The summed E-state index contributed by atoms with van der Waals surface area (Å²) in [5.41, 5.74) is 1.58. The van der Waals surface area contributed by atoms with Gasteiger partial charge in [0.1, 0.15) is 0 Å². The van der Waals surface area contributed by atoms with Crippen LogP contribution in [0.3, 0.4) is 0 Å². The van der Waals surface area contributed by atoms with Gasteiger partial charge in [-0.2, -0.15) is 0 Å².